The van der Waals surface area contributed by atoms with E-state index in [1.165, 1.54) is 0 Å². The minimum Gasteiger partial charge on any atom is -1.00 e. The van der Waals surface area contributed by atoms with Gasteiger partial charge in [-0.25, -0.2) is 9.59 Å². The van der Waals surface area contributed by atoms with Crippen molar-refractivity contribution < 1.29 is 68.3 Å². The molecule has 0 unspecified atom stereocenters. The summed E-state index contributed by atoms with van der Waals surface area (Å²) in [6.45, 7) is 0. The number of carboxylic acid groups (broad SMARTS) is 2. The third kappa shape index (κ3) is 62.1. The van der Waals surface area contributed by atoms with Crippen molar-refractivity contribution in [1.82, 2.24) is 0 Å². The minimum absolute atomic E-state index is 0. The maximum atomic E-state index is 9.55. The van der Waals surface area contributed by atoms with Crippen molar-refractivity contribution >= 4 is 22.3 Å². The molecule has 0 atom stereocenters. The number of hydrogen-bond acceptors (Lipinski definition) is 4. The standard InChI is InChI=1S/C4H4O4.Na.H2O4S.H/c5-3(6)1-2-4(7)8;;1-5(2,3)4;/h1-2H,(H,5,6)(H,7,8);;(H2,1,2,3,4);/q;+1;;-1/b2-1+;;;. The van der Waals surface area contributed by atoms with E-state index in [9.17, 15) is 9.59 Å². The van der Waals surface area contributed by atoms with Gasteiger partial charge in [0, 0.05) is 12.2 Å². The number of rotatable bonds is 2. The van der Waals surface area contributed by atoms with Gasteiger partial charge in [0.25, 0.3) is 0 Å². The Bertz CT molecular complexity index is 285. The summed E-state index contributed by atoms with van der Waals surface area (Å²) in [6.07, 6.45) is 1.12. The van der Waals surface area contributed by atoms with Crippen molar-refractivity contribution in [3.05, 3.63) is 12.2 Å². The largest absolute Gasteiger partial charge is 1.00 e. The fourth-order valence-corrected chi connectivity index (χ4v) is 0.143. The van der Waals surface area contributed by atoms with Crippen LogP contribution in [-0.4, -0.2) is 39.7 Å². The van der Waals surface area contributed by atoms with Crippen molar-refractivity contribution in [2.75, 3.05) is 0 Å². The van der Waals surface area contributed by atoms with Gasteiger partial charge < -0.3 is 11.6 Å². The second-order valence-corrected chi connectivity index (χ2v) is 2.35. The van der Waals surface area contributed by atoms with Gasteiger partial charge in [0.05, 0.1) is 0 Å². The monoisotopic (exact) mass is 238 g/mol. The summed E-state index contributed by atoms with van der Waals surface area (Å²) < 4.78 is 31.6. The van der Waals surface area contributed by atoms with Gasteiger partial charge in [-0.2, -0.15) is 8.42 Å². The number of carboxylic acids is 2. The molecule has 0 aromatic rings. The molecule has 0 rings (SSSR count). The summed E-state index contributed by atoms with van der Waals surface area (Å²) in [5, 5.41) is 15.6. The van der Waals surface area contributed by atoms with E-state index < -0.39 is 22.3 Å². The van der Waals surface area contributed by atoms with Crippen LogP contribution in [0.5, 0.6) is 0 Å². The van der Waals surface area contributed by atoms with E-state index in [0.717, 1.165) is 0 Å². The van der Waals surface area contributed by atoms with Gasteiger partial charge in [-0.3, -0.25) is 9.11 Å². The van der Waals surface area contributed by atoms with E-state index in [0.29, 0.717) is 12.2 Å². The topological polar surface area (TPSA) is 149 Å². The molecule has 0 aliphatic heterocycles. The van der Waals surface area contributed by atoms with Crippen molar-refractivity contribution in [1.29, 1.82) is 0 Å². The summed E-state index contributed by atoms with van der Waals surface area (Å²) >= 11 is 0. The van der Waals surface area contributed by atoms with Crippen LogP contribution in [-0.2, 0) is 20.0 Å². The van der Waals surface area contributed by atoms with E-state index >= 15 is 0 Å². The third-order valence-corrected chi connectivity index (χ3v) is 0.368. The Labute approximate surface area is 103 Å². The van der Waals surface area contributed by atoms with Gasteiger partial charge in [-0.15, -0.1) is 0 Å². The second kappa shape index (κ2) is 9.12. The SMILES string of the molecule is O=C(O)/C=C/C(=O)O.O=S(=O)(O)O.[H-].[Na+]. The average Bonchev–Trinajstić information content (AvgIpc) is 1.79. The summed E-state index contributed by atoms with van der Waals surface area (Å²) in [7, 11) is -4.67. The Morgan fingerprint density at radius 3 is 1.21 bits per heavy atom. The molecule has 0 aliphatic carbocycles. The van der Waals surface area contributed by atoms with Crippen molar-refractivity contribution in [2.24, 2.45) is 0 Å². The van der Waals surface area contributed by atoms with Crippen LogP contribution in [0.2, 0.25) is 0 Å². The van der Waals surface area contributed by atoms with Gasteiger partial charge in [0.2, 0.25) is 0 Å². The molecule has 0 saturated carbocycles. The molecule has 78 valence electrons. The van der Waals surface area contributed by atoms with Crippen LogP contribution in [0, 0.1) is 0 Å². The first-order valence-corrected chi connectivity index (χ1v) is 3.86. The van der Waals surface area contributed by atoms with Gasteiger partial charge >= 0.3 is 51.9 Å². The third-order valence-electron chi connectivity index (χ3n) is 0.368. The van der Waals surface area contributed by atoms with Crippen molar-refractivity contribution in [3.8, 4) is 0 Å². The van der Waals surface area contributed by atoms with Gasteiger partial charge in [0.15, 0.2) is 0 Å². The molecule has 0 amide bonds. The number of aliphatic carboxylic acids is 2. The first kappa shape index (κ1) is 19.2. The van der Waals surface area contributed by atoms with Crippen LogP contribution in [0.15, 0.2) is 12.2 Å². The van der Waals surface area contributed by atoms with Crippen molar-refractivity contribution in [3.63, 3.8) is 0 Å². The van der Waals surface area contributed by atoms with E-state index in [1.54, 1.807) is 0 Å². The Kier molecular flexibility index (Phi) is 12.5. The molecule has 8 nitrogen and oxygen atoms in total. The Hall–Kier alpha value is -0.450. The molecule has 0 aromatic carbocycles. The van der Waals surface area contributed by atoms with Crippen molar-refractivity contribution in [2.45, 2.75) is 0 Å². The maximum Gasteiger partial charge on any atom is 1.00 e. The zero-order valence-corrected chi connectivity index (χ0v) is 9.80. The van der Waals surface area contributed by atoms with E-state index in [-0.39, 0.29) is 31.0 Å². The average molecular weight is 238 g/mol. The van der Waals surface area contributed by atoms with Crippen LogP contribution in [0.4, 0.5) is 0 Å². The molecule has 0 aliphatic rings. The fourth-order valence-electron chi connectivity index (χ4n) is 0.143. The van der Waals surface area contributed by atoms with Crippen LogP contribution in [0.25, 0.3) is 0 Å². The van der Waals surface area contributed by atoms with Gasteiger partial charge in [0.1, 0.15) is 0 Å². The molecule has 0 heterocycles. The first-order valence-electron chi connectivity index (χ1n) is 2.46. The summed E-state index contributed by atoms with van der Waals surface area (Å²) in [4.78, 5) is 19.1. The quantitative estimate of drug-likeness (QED) is 0.217. The molecule has 0 fully saturated rings. The molecular weight excluding hydrogens is 231 g/mol. The zero-order valence-electron chi connectivity index (χ0n) is 7.98. The number of hydrogen-bond donors (Lipinski definition) is 4. The van der Waals surface area contributed by atoms with Gasteiger partial charge in [-0.1, -0.05) is 0 Å². The van der Waals surface area contributed by atoms with E-state index in [4.69, 9.17) is 27.7 Å². The van der Waals surface area contributed by atoms with E-state index in [1.807, 2.05) is 0 Å². The predicted octanol–water partition coefficient (Wildman–Crippen LogP) is -3.82. The Balaban J connectivity index is -0.0000000770. The molecule has 10 heteroatoms. The van der Waals surface area contributed by atoms with Crippen LogP contribution >= 0.6 is 0 Å². The van der Waals surface area contributed by atoms with Gasteiger partial charge in [-0.05, 0) is 0 Å². The van der Waals surface area contributed by atoms with E-state index in [2.05, 4.69) is 0 Å². The molecule has 14 heavy (non-hydrogen) atoms. The maximum absolute atomic E-state index is 9.55. The van der Waals surface area contributed by atoms with Crippen LogP contribution in [0.3, 0.4) is 0 Å². The summed E-state index contributed by atoms with van der Waals surface area (Å²) in [5.74, 6) is -2.51. The predicted molar refractivity (Wildman–Crippen MR) is 39.7 cm³/mol. The molecule has 0 radical (unpaired) electrons. The second-order valence-electron chi connectivity index (χ2n) is 1.46. The molecule has 4 N–H and O–H groups in total. The molecule has 0 spiro atoms. The normalized spacial score (nSPS) is 9.57. The van der Waals surface area contributed by atoms with Crippen LogP contribution in [0.1, 0.15) is 1.43 Å². The Morgan fingerprint density at radius 1 is 1.00 bits per heavy atom. The summed E-state index contributed by atoms with van der Waals surface area (Å²) in [6, 6.07) is 0. The molecule has 0 bridgehead atoms. The van der Waals surface area contributed by atoms with Crippen LogP contribution < -0.4 is 29.6 Å². The minimum atomic E-state index is -4.67. The number of carbonyl (C=O) groups is 2. The molecule has 0 aromatic heterocycles. The molecule has 0 saturated heterocycles. The fraction of sp³-hybridized carbons (Fsp3) is 0. The Morgan fingerprint density at radius 2 is 1.14 bits per heavy atom. The zero-order chi connectivity index (χ0) is 11.1. The summed E-state index contributed by atoms with van der Waals surface area (Å²) in [5.41, 5.74) is 0. The first-order chi connectivity index (χ1) is 5.63. The smallest absolute Gasteiger partial charge is 1.00 e. The molecular formula is C4H7NaO8S.